The second kappa shape index (κ2) is 4.98. The molecule has 4 nitrogen and oxygen atoms in total. The summed E-state index contributed by atoms with van der Waals surface area (Å²) in [7, 11) is 1.73. The van der Waals surface area contributed by atoms with Crippen LogP contribution in [0.25, 0.3) is 0 Å². The van der Waals surface area contributed by atoms with Crippen LogP contribution in [-0.4, -0.2) is 35.1 Å². The number of hydrogen-bond acceptors (Lipinski definition) is 3. The minimum atomic E-state index is -0.696. The first kappa shape index (κ1) is 12.9. The van der Waals surface area contributed by atoms with E-state index in [4.69, 9.17) is 5.73 Å². The number of anilines is 1. The lowest BCUT2D eigenvalue weighted by Crippen LogP contribution is -2.42. The van der Waals surface area contributed by atoms with Crippen molar-refractivity contribution in [2.75, 3.05) is 19.3 Å². The molecule has 1 fully saturated rings. The summed E-state index contributed by atoms with van der Waals surface area (Å²) in [6.45, 7) is 0.399. The molecular weight excluding hydrogens is 228 g/mol. The Bertz CT molecular complexity index is 422. The molecule has 1 aliphatic rings. The minimum absolute atomic E-state index is 0.0738. The van der Waals surface area contributed by atoms with Crippen molar-refractivity contribution >= 4 is 11.6 Å². The van der Waals surface area contributed by atoms with Crippen LogP contribution >= 0.6 is 0 Å². The third kappa shape index (κ3) is 2.82. The molecule has 0 saturated heterocycles. The Hall–Kier alpha value is -1.55. The maximum absolute atomic E-state index is 12.2. The van der Waals surface area contributed by atoms with Gasteiger partial charge in [-0.05, 0) is 37.1 Å². The topological polar surface area (TPSA) is 66.6 Å². The van der Waals surface area contributed by atoms with Crippen molar-refractivity contribution in [3.05, 3.63) is 29.8 Å². The highest BCUT2D eigenvalue weighted by molar-refractivity contribution is 5.94. The summed E-state index contributed by atoms with van der Waals surface area (Å²) >= 11 is 0. The van der Waals surface area contributed by atoms with Crippen LogP contribution in [0.3, 0.4) is 0 Å². The van der Waals surface area contributed by atoms with E-state index in [1.807, 2.05) is 0 Å². The summed E-state index contributed by atoms with van der Waals surface area (Å²) in [4.78, 5) is 13.8. The maximum Gasteiger partial charge on any atom is 0.253 e. The van der Waals surface area contributed by atoms with Gasteiger partial charge in [0.2, 0.25) is 0 Å². The van der Waals surface area contributed by atoms with Crippen LogP contribution in [0.5, 0.6) is 0 Å². The zero-order chi connectivity index (χ0) is 13.2. The van der Waals surface area contributed by atoms with E-state index in [1.54, 1.807) is 36.2 Å². The fourth-order valence-corrected chi connectivity index (χ4v) is 2.55. The smallest absolute Gasteiger partial charge is 0.253 e. The highest BCUT2D eigenvalue weighted by Gasteiger charge is 2.33. The van der Waals surface area contributed by atoms with Gasteiger partial charge in [0.1, 0.15) is 0 Å². The Morgan fingerprint density at radius 3 is 2.44 bits per heavy atom. The lowest BCUT2D eigenvalue weighted by Gasteiger charge is -2.28. The number of carbonyl (C=O) groups is 1. The molecule has 1 aromatic carbocycles. The van der Waals surface area contributed by atoms with Crippen molar-refractivity contribution in [1.82, 2.24) is 4.90 Å². The number of carbonyl (C=O) groups excluding carboxylic acids is 1. The zero-order valence-electron chi connectivity index (χ0n) is 10.7. The van der Waals surface area contributed by atoms with Crippen molar-refractivity contribution in [2.45, 2.75) is 31.3 Å². The molecule has 0 spiro atoms. The van der Waals surface area contributed by atoms with Gasteiger partial charge in [-0.1, -0.05) is 12.8 Å². The van der Waals surface area contributed by atoms with Crippen LogP contribution in [0.4, 0.5) is 5.69 Å². The first-order valence-electron chi connectivity index (χ1n) is 6.34. The van der Waals surface area contributed by atoms with Gasteiger partial charge < -0.3 is 15.7 Å². The van der Waals surface area contributed by atoms with E-state index in [-0.39, 0.29) is 5.91 Å². The van der Waals surface area contributed by atoms with Gasteiger partial charge >= 0.3 is 0 Å². The van der Waals surface area contributed by atoms with E-state index in [1.165, 1.54) is 0 Å². The van der Waals surface area contributed by atoms with Crippen LogP contribution in [0.2, 0.25) is 0 Å². The van der Waals surface area contributed by atoms with Gasteiger partial charge in [-0.3, -0.25) is 4.79 Å². The molecule has 0 atom stereocenters. The van der Waals surface area contributed by atoms with E-state index < -0.39 is 5.60 Å². The van der Waals surface area contributed by atoms with E-state index in [0.717, 1.165) is 25.7 Å². The molecule has 4 heteroatoms. The van der Waals surface area contributed by atoms with E-state index >= 15 is 0 Å². The van der Waals surface area contributed by atoms with Crippen molar-refractivity contribution in [2.24, 2.45) is 0 Å². The zero-order valence-corrected chi connectivity index (χ0v) is 10.7. The number of benzene rings is 1. The molecule has 0 bridgehead atoms. The molecule has 3 N–H and O–H groups in total. The molecule has 1 amide bonds. The van der Waals surface area contributed by atoms with Crippen molar-refractivity contribution < 1.29 is 9.90 Å². The number of nitrogens with two attached hydrogens (primary N) is 1. The summed E-state index contributed by atoms with van der Waals surface area (Å²) in [5.74, 6) is -0.0738. The number of nitrogens with zero attached hydrogens (tertiary/aromatic N) is 1. The second-order valence-corrected chi connectivity index (χ2v) is 5.21. The fraction of sp³-hybridized carbons (Fsp3) is 0.500. The molecule has 0 heterocycles. The summed E-state index contributed by atoms with van der Waals surface area (Å²) in [6.07, 6.45) is 3.65. The Morgan fingerprint density at radius 2 is 1.89 bits per heavy atom. The largest absolute Gasteiger partial charge is 0.399 e. The molecule has 18 heavy (non-hydrogen) atoms. The van der Waals surface area contributed by atoms with E-state index in [0.29, 0.717) is 17.8 Å². The lowest BCUT2D eigenvalue weighted by atomic mass is 10.0. The summed E-state index contributed by atoms with van der Waals surface area (Å²) in [5.41, 5.74) is 6.14. The first-order chi connectivity index (χ1) is 8.50. The lowest BCUT2D eigenvalue weighted by molar-refractivity contribution is 0.0157. The minimum Gasteiger partial charge on any atom is -0.399 e. The Labute approximate surface area is 107 Å². The van der Waals surface area contributed by atoms with Crippen molar-refractivity contribution in [3.8, 4) is 0 Å². The summed E-state index contributed by atoms with van der Waals surface area (Å²) in [5, 5.41) is 10.3. The van der Waals surface area contributed by atoms with Gasteiger partial charge in [-0.15, -0.1) is 0 Å². The van der Waals surface area contributed by atoms with Gasteiger partial charge in [0.15, 0.2) is 0 Å². The summed E-state index contributed by atoms with van der Waals surface area (Å²) in [6, 6.07) is 6.86. The second-order valence-electron chi connectivity index (χ2n) is 5.21. The highest BCUT2D eigenvalue weighted by Crippen LogP contribution is 2.30. The molecule has 0 unspecified atom stereocenters. The fourth-order valence-electron chi connectivity index (χ4n) is 2.55. The Balaban J connectivity index is 2.02. The molecule has 2 rings (SSSR count). The van der Waals surface area contributed by atoms with E-state index in [9.17, 15) is 9.90 Å². The number of amides is 1. The van der Waals surface area contributed by atoms with Crippen LogP contribution in [0, 0.1) is 0 Å². The summed E-state index contributed by atoms with van der Waals surface area (Å²) < 4.78 is 0. The molecule has 0 aromatic heterocycles. The average Bonchev–Trinajstić information content (AvgIpc) is 2.76. The molecule has 98 valence electrons. The van der Waals surface area contributed by atoms with Crippen molar-refractivity contribution in [1.29, 1.82) is 0 Å². The van der Waals surface area contributed by atoms with Crippen LogP contribution in [0.1, 0.15) is 36.0 Å². The Kier molecular flexibility index (Phi) is 3.57. The number of hydrogen-bond donors (Lipinski definition) is 2. The first-order valence-corrected chi connectivity index (χ1v) is 6.34. The van der Waals surface area contributed by atoms with Gasteiger partial charge in [-0.2, -0.15) is 0 Å². The van der Waals surface area contributed by atoms with Crippen LogP contribution in [-0.2, 0) is 0 Å². The molecule has 1 saturated carbocycles. The third-order valence-electron chi connectivity index (χ3n) is 3.57. The molecule has 1 aromatic rings. The number of likely N-dealkylation sites (N-methyl/N-ethyl adjacent to an activating group) is 1. The average molecular weight is 248 g/mol. The predicted octanol–water partition coefficient (Wildman–Crippen LogP) is 1.65. The van der Waals surface area contributed by atoms with Crippen LogP contribution < -0.4 is 5.73 Å². The SMILES string of the molecule is CN(CC1(O)CCCC1)C(=O)c1ccc(N)cc1. The molecule has 0 aliphatic heterocycles. The van der Waals surface area contributed by atoms with Crippen LogP contribution in [0.15, 0.2) is 24.3 Å². The molecular formula is C14H20N2O2. The van der Waals surface area contributed by atoms with Gasteiger partial charge in [0, 0.05) is 24.8 Å². The van der Waals surface area contributed by atoms with Gasteiger partial charge in [0.25, 0.3) is 5.91 Å². The standard InChI is InChI=1S/C14H20N2O2/c1-16(10-14(18)8-2-3-9-14)13(17)11-4-6-12(15)7-5-11/h4-7,18H,2-3,8-10,15H2,1H3. The molecule has 0 radical (unpaired) electrons. The normalized spacial score (nSPS) is 17.7. The molecule has 1 aliphatic carbocycles. The predicted molar refractivity (Wildman–Crippen MR) is 71.2 cm³/mol. The van der Waals surface area contributed by atoms with E-state index in [2.05, 4.69) is 0 Å². The number of aliphatic hydroxyl groups is 1. The third-order valence-corrected chi connectivity index (χ3v) is 3.57. The Morgan fingerprint density at radius 1 is 1.33 bits per heavy atom. The maximum atomic E-state index is 12.2. The number of rotatable bonds is 3. The highest BCUT2D eigenvalue weighted by atomic mass is 16.3. The quantitative estimate of drug-likeness (QED) is 0.799. The van der Waals surface area contributed by atoms with Crippen molar-refractivity contribution in [3.63, 3.8) is 0 Å². The van der Waals surface area contributed by atoms with Gasteiger partial charge in [-0.25, -0.2) is 0 Å². The number of nitrogen functional groups attached to an aromatic ring is 1. The monoisotopic (exact) mass is 248 g/mol. The van der Waals surface area contributed by atoms with Gasteiger partial charge in [0.05, 0.1) is 5.60 Å².